The minimum Gasteiger partial charge on any atom is -0.505 e. The Morgan fingerprint density at radius 2 is 2.06 bits per heavy atom. The predicted octanol–water partition coefficient (Wildman–Crippen LogP) is 2.00. The van der Waals surface area contributed by atoms with Crippen molar-refractivity contribution in [3.63, 3.8) is 0 Å². The van der Waals surface area contributed by atoms with Gasteiger partial charge in [0.05, 0.1) is 17.7 Å². The lowest BCUT2D eigenvalue weighted by Gasteiger charge is -2.19. The van der Waals surface area contributed by atoms with Gasteiger partial charge in [-0.05, 0) is 12.1 Å². The van der Waals surface area contributed by atoms with Crippen LogP contribution in [0.3, 0.4) is 0 Å². The SMILES string of the molecule is CN(CCC(F)(F)F)C(=O)c1cccc(N)c1O. The molecule has 0 saturated heterocycles. The van der Waals surface area contributed by atoms with Gasteiger partial charge < -0.3 is 15.7 Å². The molecule has 0 aliphatic carbocycles. The second-order valence-corrected chi connectivity index (χ2v) is 3.84. The van der Waals surface area contributed by atoms with Gasteiger partial charge in [0.2, 0.25) is 0 Å². The summed E-state index contributed by atoms with van der Waals surface area (Å²) in [5.41, 5.74) is 5.29. The highest BCUT2D eigenvalue weighted by Crippen LogP contribution is 2.26. The maximum Gasteiger partial charge on any atom is 0.390 e. The molecule has 1 aromatic rings. The van der Waals surface area contributed by atoms with Gasteiger partial charge in [-0.3, -0.25) is 4.79 Å². The molecule has 7 heteroatoms. The molecule has 0 radical (unpaired) electrons. The molecule has 3 N–H and O–H groups in total. The van der Waals surface area contributed by atoms with Gasteiger partial charge in [0, 0.05) is 13.6 Å². The Kier molecular flexibility index (Phi) is 4.05. The van der Waals surface area contributed by atoms with E-state index in [2.05, 4.69) is 0 Å². The Morgan fingerprint density at radius 3 is 2.61 bits per heavy atom. The Balaban J connectivity index is 2.78. The molecule has 0 unspecified atom stereocenters. The van der Waals surface area contributed by atoms with E-state index in [4.69, 9.17) is 5.73 Å². The van der Waals surface area contributed by atoms with Crippen molar-refractivity contribution in [3.8, 4) is 5.75 Å². The van der Waals surface area contributed by atoms with Crippen molar-refractivity contribution in [1.29, 1.82) is 0 Å². The quantitative estimate of drug-likeness (QED) is 0.646. The minimum absolute atomic E-state index is 0.00470. The summed E-state index contributed by atoms with van der Waals surface area (Å²) in [6.07, 6.45) is -5.43. The van der Waals surface area contributed by atoms with Gasteiger partial charge in [-0.15, -0.1) is 0 Å². The molecular formula is C11H13F3N2O2. The van der Waals surface area contributed by atoms with Crippen molar-refractivity contribution in [3.05, 3.63) is 23.8 Å². The first kappa shape index (κ1) is 14.1. The maximum absolute atomic E-state index is 12.0. The number of phenolic OH excluding ortho intramolecular Hbond substituents is 1. The number of para-hydroxylation sites is 1. The van der Waals surface area contributed by atoms with Crippen LogP contribution in [-0.2, 0) is 0 Å². The largest absolute Gasteiger partial charge is 0.505 e. The Bertz CT molecular complexity index is 446. The fourth-order valence-electron chi connectivity index (χ4n) is 1.34. The average Bonchev–Trinajstić information content (AvgIpc) is 2.28. The number of anilines is 1. The number of alkyl halides is 3. The molecule has 0 spiro atoms. The molecule has 0 bridgehead atoms. The average molecular weight is 262 g/mol. The molecule has 0 heterocycles. The zero-order chi connectivity index (χ0) is 13.9. The number of nitrogens with zero attached hydrogens (tertiary/aromatic N) is 1. The summed E-state index contributed by atoms with van der Waals surface area (Å²) in [5, 5.41) is 9.55. The van der Waals surface area contributed by atoms with Crippen molar-refractivity contribution in [2.75, 3.05) is 19.3 Å². The molecule has 18 heavy (non-hydrogen) atoms. The lowest BCUT2D eigenvalue weighted by atomic mass is 10.1. The van der Waals surface area contributed by atoms with E-state index in [1.807, 2.05) is 0 Å². The third-order valence-corrected chi connectivity index (χ3v) is 2.38. The van der Waals surface area contributed by atoms with Crippen LogP contribution in [-0.4, -0.2) is 35.7 Å². The third-order valence-electron chi connectivity index (χ3n) is 2.38. The molecule has 0 aliphatic heterocycles. The third kappa shape index (κ3) is 3.54. The first-order valence-electron chi connectivity index (χ1n) is 5.12. The van der Waals surface area contributed by atoms with Crippen LogP contribution in [0.25, 0.3) is 0 Å². The smallest absolute Gasteiger partial charge is 0.390 e. The highest BCUT2D eigenvalue weighted by Gasteiger charge is 2.28. The fourth-order valence-corrected chi connectivity index (χ4v) is 1.34. The number of benzene rings is 1. The summed E-state index contributed by atoms with van der Waals surface area (Å²) in [6.45, 7) is -0.476. The van der Waals surface area contributed by atoms with E-state index in [1.54, 1.807) is 0 Å². The van der Waals surface area contributed by atoms with Crippen LogP contribution >= 0.6 is 0 Å². The van der Waals surface area contributed by atoms with Gasteiger partial charge in [-0.25, -0.2) is 0 Å². The predicted molar refractivity (Wildman–Crippen MR) is 60.2 cm³/mol. The fraction of sp³-hybridized carbons (Fsp3) is 0.364. The van der Waals surface area contributed by atoms with E-state index in [1.165, 1.54) is 25.2 Å². The minimum atomic E-state index is -4.33. The number of carbonyl (C=O) groups excluding carboxylic acids is 1. The van der Waals surface area contributed by atoms with Gasteiger partial charge in [-0.2, -0.15) is 13.2 Å². The van der Waals surface area contributed by atoms with Crippen molar-refractivity contribution in [2.24, 2.45) is 0 Å². The van der Waals surface area contributed by atoms with E-state index in [0.717, 1.165) is 4.90 Å². The number of nitrogens with two attached hydrogens (primary N) is 1. The topological polar surface area (TPSA) is 66.6 Å². The molecule has 1 aromatic carbocycles. The summed E-state index contributed by atoms with van der Waals surface area (Å²) in [4.78, 5) is 12.7. The highest BCUT2D eigenvalue weighted by molar-refractivity contribution is 5.98. The number of rotatable bonds is 3. The summed E-state index contributed by atoms with van der Waals surface area (Å²) >= 11 is 0. The number of carbonyl (C=O) groups is 1. The van der Waals surface area contributed by atoms with E-state index in [9.17, 15) is 23.1 Å². The molecule has 1 rings (SSSR count). The molecule has 0 aromatic heterocycles. The van der Waals surface area contributed by atoms with Crippen LogP contribution in [0.4, 0.5) is 18.9 Å². The summed E-state index contributed by atoms with van der Waals surface area (Å²) in [6, 6.07) is 4.14. The molecular weight excluding hydrogens is 249 g/mol. The highest BCUT2D eigenvalue weighted by atomic mass is 19.4. The molecule has 100 valence electrons. The molecule has 0 saturated carbocycles. The van der Waals surface area contributed by atoms with E-state index in [-0.39, 0.29) is 11.3 Å². The van der Waals surface area contributed by atoms with Crippen LogP contribution in [0, 0.1) is 0 Å². The van der Waals surface area contributed by atoms with Crippen LogP contribution in [0.1, 0.15) is 16.8 Å². The normalized spacial score (nSPS) is 11.3. The summed E-state index contributed by atoms with van der Waals surface area (Å²) in [5.74, 6) is -1.12. The molecule has 1 amide bonds. The zero-order valence-electron chi connectivity index (χ0n) is 9.66. The van der Waals surface area contributed by atoms with E-state index >= 15 is 0 Å². The zero-order valence-corrected chi connectivity index (χ0v) is 9.66. The van der Waals surface area contributed by atoms with Gasteiger partial charge in [0.25, 0.3) is 5.91 Å². The van der Waals surface area contributed by atoms with Crippen molar-refractivity contribution in [2.45, 2.75) is 12.6 Å². The van der Waals surface area contributed by atoms with Crippen LogP contribution in [0.15, 0.2) is 18.2 Å². The van der Waals surface area contributed by atoms with Crippen molar-refractivity contribution < 1.29 is 23.1 Å². The maximum atomic E-state index is 12.0. The lowest BCUT2D eigenvalue weighted by molar-refractivity contribution is -0.136. The standard InChI is InChI=1S/C11H13F3N2O2/c1-16(6-5-11(12,13)14)10(18)7-3-2-4-8(15)9(7)17/h2-4,17H,5-6,15H2,1H3. The molecule has 4 nitrogen and oxygen atoms in total. The van der Waals surface area contributed by atoms with Crippen LogP contribution in [0.5, 0.6) is 5.75 Å². The van der Waals surface area contributed by atoms with Crippen molar-refractivity contribution >= 4 is 11.6 Å². The van der Waals surface area contributed by atoms with Gasteiger partial charge in [0.1, 0.15) is 0 Å². The first-order chi connectivity index (χ1) is 8.22. The summed E-state index contributed by atoms with van der Waals surface area (Å²) in [7, 11) is 1.23. The second-order valence-electron chi connectivity index (χ2n) is 3.84. The Morgan fingerprint density at radius 1 is 1.44 bits per heavy atom. The second kappa shape index (κ2) is 5.16. The van der Waals surface area contributed by atoms with Crippen LogP contribution < -0.4 is 5.73 Å². The number of hydrogen-bond acceptors (Lipinski definition) is 3. The van der Waals surface area contributed by atoms with E-state index < -0.39 is 30.8 Å². The van der Waals surface area contributed by atoms with Gasteiger partial charge in [0.15, 0.2) is 5.75 Å². The molecule has 0 atom stereocenters. The van der Waals surface area contributed by atoms with Gasteiger partial charge >= 0.3 is 6.18 Å². The first-order valence-corrected chi connectivity index (χ1v) is 5.12. The van der Waals surface area contributed by atoms with Crippen molar-refractivity contribution in [1.82, 2.24) is 4.90 Å². The number of amides is 1. The number of hydrogen-bond donors (Lipinski definition) is 2. The van der Waals surface area contributed by atoms with E-state index in [0.29, 0.717) is 0 Å². The Hall–Kier alpha value is -1.92. The monoisotopic (exact) mass is 262 g/mol. The summed E-state index contributed by atoms with van der Waals surface area (Å²) < 4.78 is 36.1. The number of nitrogen functional groups attached to an aromatic ring is 1. The molecule has 0 fully saturated rings. The molecule has 0 aliphatic rings. The number of aromatic hydroxyl groups is 1. The Labute approximate surface area is 102 Å². The van der Waals surface area contributed by atoms with Crippen LogP contribution in [0.2, 0.25) is 0 Å². The lowest BCUT2D eigenvalue weighted by Crippen LogP contribution is -2.30. The number of halogens is 3. The van der Waals surface area contributed by atoms with Gasteiger partial charge in [-0.1, -0.05) is 6.07 Å². The number of phenols is 1.